The molecule has 2 N–H and O–H groups in total. The second kappa shape index (κ2) is 7.01. The third-order valence-corrected chi connectivity index (χ3v) is 5.80. The molecule has 0 atom stereocenters. The first-order valence-electron chi connectivity index (χ1n) is 8.50. The molecule has 0 unspecified atom stereocenters. The molecule has 0 aliphatic rings. The van der Waals surface area contributed by atoms with Gasteiger partial charge in [0.25, 0.3) is 10.0 Å². The van der Waals surface area contributed by atoms with Gasteiger partial charge in [0, 0.05) is 17.3 Å². The number of sulfonamides is 1. The number of fused-ring (bicyclic) bond motifs is 1. The van der Waals surface area contributed by atoms with E-state index in [0.29, 0.717) is 11.3 Å². The number of hydrogen-bond donors (Lipinski definition) is 2. The summed E-state index contributed by atoms with van der Waals surface area (Å²) < 4.78 is 46.8. The minimum Gasteiger partial charge on any atom is -0.496 e. The van der Waals surface area contributed by atoms with Gasteiger partial charge in [0.1, 0.15) is 11.6 Å². The van der Waals surface area contributed by atoms with Gasteiger partial charge < -0.3 is 9.72 Å². The van der Waals surface area contributed by atoms with Crippen molar-refractivity contribution in [3.8, 4) is 16.9 Å². The molecule has 0 fully saturated rings. The summed E-state index contributed by atoms with van der Waals surface area (Å²) in [6.07, 6.45) is 1.84. The van der Waals surface area contributed by atoms with Gasteiger partial charge in [-0.05, 0) is 65.5 Å². The Kier molecular flexibility index (Phi) is 4.52. The maximum Gasteiger partial charge on any atom is 0.261 e. The molecule has 142 valence electrons. The smallest absolute Gasteiger partial charge is 0.261 e. The molecule has 5 nitrogen and oxygen atoms in total. The Morgan fingerprint density at radius 2 is 1.86 bits per heavy atom. The van der Waals surface area contributed by atoms with Crippen molar-refractivity contribution in [2.75, 3.05) is 11.8 Å². The molecule has 0 saturated carbocycles. The van der Waals surface area contributed by atoms with E-state index >= 15 is 0 Å². The molecule has 4 rings (SSSR count). The van der Waals surface area contributed by atoms with Gasteiger partial charge in [-0.15, -0.1) is 0 Å². The van der Waals surface area contributed by atoms with E-state index in [1.54, 1.807) is 12.1 Å². The highest BCUT2D eigenvalue weighted by molar-refractivity contribution is 7.92. The van der Waals surface area contributed by atoms with Crippen molar-refractivity contribution in [2.24, 2.45) is 0 Å². The van der Waals surface area contributed by atoms with Gasteiger partial charge in [0.15, 0.2) is 0 Å². The van der Waals surface area contributed by atoms with Crippen molar-refractivity contribution < 1.29 is 17.5 Å². The zero-order valence-electron chi connectivity index (χ0n) is 14.9. The summed E-state index contributed by atoms with van der Waals surface area (Å²) in [7, 11) is -2.36. The molecule has 0 spiro atoms. The number of rotatable bonds is 5. The Bertz CT molecular complexity index is 1270. The van der Waals surface area contributed by atoms with Gasteiger partial charge in [-0.1, -0.05) is 12.1 Å². The third-order valence-electron chi connectivity index (χ3n) is 4.42. The molecule has 4 aromatic rings. The highest BCUT2D eigenvalue weighted by Gasteiger charge is 2.18. The molecule has 3 aromatic carbocycles. The Hall–Kier alpha value is -3.32. The summed E-state index contributed by atoms with van der Waals surface area (Å²) in [5.41, 5.74) is 2.62. The van der Waals surface area contributed by atoms with Crippen molar-refractivity contribution in [2.45, 2.75) is 4.90 Å². The van der Waals surface area contributed by atoms with E-state index in [1.165, 1.54) is 31.4 Å². The lowest BCUT2D eigenvalue weighted by Gasteiger charge is -2.13. The van der Waals surface area contributed by atoms with E-state index in [2.05, 4.69) is 9.71 Å². The molecule has 1 heterocycles. The Morgan fingerprint density at radius 1 is 1.00 bits per heavy atom. The number of anilines is 1. The van der Waals surface area contributed by atoms with Crippen LogP contribution < -0.4 is 9.46 Å². The fourth-order valence-electron chi connectivity index (χ4n) is 3.07. The molecule has 0 saturated heterocycles. The Morgan fingerprint density at radius 3 is 2.64 bits per heavy atom. The van der Waals surface area contributed by atoms with Crippen molar-refractivity contribution >= 4 is 26.6 Å². The van der Waals surface area contributed by atoms with Crippen LogP contribution in [0.5, 0.6) is 5.75 Å². The van der Waals surface area contributed by atoms with Crippen molar-refractivity contribution in [3.05, 3.63) is 78.7 Å². The topological polar surface area (TPSA) is 71.2 Å². The summed E-state index contributed by atoms with van der Waals surface area (Å²) >= 11 is 0. The largest absolute Gasteiger partial charge is 0.496 e. The quantitative estimate of drug-likeness (QED) is 0.510. The van der Waals surface area contributed by atoms with E-state index in [4.69, 9.17) is 4.74 Å². The normalized spacial score (nSPS) is 11.5. The molecule has 0 radical (unpaired) electrons. The number of nitrogens with one attached hydrogen (secondary N) is 2. The van der Waals surface area contributed by atoms with Crippen molar-refractivity contribution in [1.82, 2.24) is 4.98 Å². The number of methoxy groups -OCH3 is 1. The predicted molar refractivity (Wildman–Crippen MR) is 107 cm³/mol. The highest BCUT2D eigenvalue weighted by atomic mass is 32.2. The minimum absolute atomic E-state index is 0.0572. The number of H-pyrrole nitrogens is 1. The van der Waals surface area contributed by atoms with Gasteiger partial charge >= 0.3 is 0 Å². The van der Waals surface area contributed by atoms with Crippen LogP contribution in [0.3, 0.4) is 0 Å². The van der Waals surface area contributed by atoms with Gasteiger partial charge in [-0.2, -0.15) is 0 Å². The second-order valence-corrected chi connectivity index (χ2v) is 7.94. The first-order valence-corrected chi connectivity index (χ1v) is 9.98. The summed E-state index contributed by atoms with van der Waals surface area (Å²) in [5, 5.41) is 1.01. The Balaban J connectivity index is 1.77. The predicted octanol–water partition coefficient (Wildman–Crippen LogP) is 4.78. The maximum absolute atomic E-state index is 13.4. The van der Waals surface area contributed by atoms with Gasteiger partial charge in [-0.25, -0.2) is 12.8 Å². The van der Waals surface area contributed by atoms with Crippen LogP contribution in [-0.2, 0) is 10.0 Å². The zero-order valence-corrected chi connectivity index (χ0v) is 15.8. The van der Waals surface area contributed by atoms with Crippen LogP contribution in [0.4, 0.5) is 10.1 Å². The maximum atomic E-state index is 13.4. The standard InChI is InChI=1S/C21H17FN2O3S/c1-27-21-8-6-18(28(25,26)24-17-4-2-3-16(22)12-17)13-19(21)14-5-7-20-15(11-14)9-10-23-20/h2-13,23-24H,1H3. The van der Waals surface area contributed by atoms with E-state index in [1.807, 2.05) is 30.5 Å². The van der Waals surface area contributed by atoms with Crippen molar-refractivity contribution in [1.29, 1.82) is 0 Å². The number of ether oxygens (including phenoxy) is 1. The molecule has 0 amide bonds. The number of halogens is 1. The van der Waals surface area contributed by atoms with Crippen LogP contribution in [0, 0.1) is 5.82 Å². The lowest BCUT2D eigenvalue weighted by molar-refractivity contribution is 0.416. The van der Waals surface area contributed by atoms with Crippen molar-refractivity contribution in [3.63, 3.8) is 0 Å². The first kappa shape index (κ1) is 18.1. The van der Waals surface area contributed by atoms with E-state index in [9.17, 15) is 12.8 Å². The van der Waals surface area contributed by atoms with Gasteiger partial charge in [-0.3, -0.25) is 4.72 Å². The van der Waals surface area contributed by atoms with E-state index in [0.717, 1.165) is 22.5 Å². The summed E-state index contributed by atoms with van der Waals surface area (Å²) in [6.45, 7) is 0. The molecule has 0 aliphatic carbocycles. The highest BCUT2D eigenvalue weighted by Crippen LogP contribution is 2.34. The summed E-state index contributed by atoms with van der Waals surface area (Å²) in [4.78, 5) is 3.18. The zero-order chi connectivity index (χ0) is 19.7. The first-order chi connectivity index (χ1) is 13.5. The minimum atomic E-state index is -3.90. The molecule has 1 aromatic heterocycles. The number of benzene rings is 3. The molecule has 7 heteroatoms. The van der Waals surface area contributed by atoms with Crippen LogP contribution in [0.25, 0.3) is 22.0 Å². The summed E-state index contributed by atoms with van der Waals surface area (Å²) in [5.74, 6) is 0.0371. The molecular weight excluding hydrogens is 379 g/mol. The van der Waals surface area contributed by atoms with Crippen LogP contribution in [0.2, 0.25) is 0 Å². The fraction of sp³-hybridized carbons (Fsp3) is 0.0476. The van der Waals surface area contributed by atoms with E-state index < -0.39 is 15.8 Å². The van der Waals surface area contributed by atoms with Gasteiger partial charge in [0.2, 0.25) is 0 Å². The number of hydrogen-bond acceptors (Lipinski definition) is 3. The number of aromatic nitrogens is 1. The van der Waals surface area contributed by atoms with E-state index in [-0.39, 0.29) is 10.6 Å². The lowest BCUT2D eigenvalue weighted by Crippen LogP contribution is -2.13. The van der Waals surface area contributed by atoms with Gasteiger partial charge in [0.05, 0.1) is 17.7 Å². The fourth-order valence-corrected chi connectivity index (χ4v) is 4.14. The molecule has 0 bridgehead atoms. The van der Waals surface area contributed by atoms with Crippen LogP contribution >= 0.6 is 0 Å². The second-order valence-electron chi connectivity index (χ2n) is 6.26. The average Bonchev–Trinajstić information content (AvgIpc) is 3.15. The summed E-state index contributed by atoms with van der Waals surface area (Å²) in [6, 6.07) is 17.6. The van der Waals surface area contributed by atoms with Crippen LogP contribution in [0.1, 0.15) is 0 Å². The monoisotopic (exact) mass is 396 g/mol. The molecule has 0 aliphatic heterocycles. The molecule has 28 heavy (non-hydrogen) atoms. The number of aromatic amines is 1. The van der Waals surface area contributed by atoms with Crippen LogP contribution in [0.15, 0.2) is 77.8 Å². The lowest BCUT2D eigenvalue weighted by atomic mass is 10.0. The molecular formula is C21H17FN2O3S. The third kappa shape index (κ3) is 3.44. The average molecular weight is 396 g/mol. The van der Waals surface area contributed by atoms with Crippen LogP contribution in [-0.4, -0.2) is 20.5 Å². The Labute approximate surface area is 161 Å². The SMILES string of the molecule is COc1ccc(S(=O)(=O)Nc2cccc(F)c2)cc1-c1ccc2[nH]ccc2c1.